The summed E-state index contributed by atoms with van der Waals surface area (Å²) in [4.78, 5) is -0.274. The van der Waals surface area contributed by atoms with Crippen LogP contribution in [0, 0.1) is 5.92 Å². The molecular formula is C12H16F3NO3S. The summed E-state index contributed by atoms with van der Waals surface area (Å²) in [7, 11) is -3.96. The van der Waals surface area contributed by atoms with Crippen molar-refractivity contribution in [1.29, 1.82) is 0 Å². The first kappa shape index (κ1) is 16.9. The lowest BCUT2D eigenvalue weighted by molar-refractivity contribution is -0.137. The molecule has 4 nitrogen and oxygen atoms in total. The maximum atomic E-state index is 12.4. The van der Waals surface area contributed by atoms with Crippen LogP contribution in [-0.4, -0.2) is 26.2 Å². The van der Waals surface area contributed by atoms with Gasteiger partial charge in [-0.2, -0.15) is 13.2 Å². The van der Waals surface area contributed by atoms with Crippen molar-refractivity contribution >= 4 is 10.0 Å². The summed E-state index contributed by atoms with van der Waals surface area (Å²) < 4.78 is 63.4. The van der Waals surface area contributed by atoms with Crippen molar-refractivity contribution in [1.82, 2.24) is 4.72 Å². The molecule has 2 N–H and O–H groups in total. The lowest BCUT2D eigenvalue weighted by atomic mass is 10.1. The number of alkyl halides is 3. The normalized spacial score (nSPS) is 14.6. The highest BCUT2D eigenvalue weighted by Gasteiger charge is 2.31. The molecule has 0 aliphatic rings. The lowest BCUT2D eigenvalue weighted by Gasteiger charge is -2.20. The van der Waals surface area contributed by atoms with Crippen LogP contribution >= 0.6 is 0 Å². The number of halogens is 3. The molecule has 0 radical (unpaired) electrons. The Balaban J connectivity index is 2.99. The van der Waals surface area contributed by atoms with E-state index in [0.717, 1.165) is 12.1 Å². The summed E-state index contributed by atoms with van der Waals surface area (Å²) >= 11 is 0. The van der Waals surface area contributed by atoms with Crippen LogP contribution in [0.3, 0.4) is 0 Å². The monoisotopic (exact) mass is 311 g/mol. The molecule has 0 spiro atoms. The summed E-state index contributed by atoms with van der Waals surface area (Å²) in [6.45, 7) is 3.05. The third-order valence-corrected chi connectivity index (χ3v) is 4.31. The number of aliphatic hydroxyl groups excluding tert-OH is 1. The molecule has 0 heterocycles. The Morgan fingerprint density at radius 3 is 2.05 bits per heavy atom. The van der Waals surface area contributed by atoms with Gasteiger partial charge in [-0.3, -0.25) is 0 Å². The Hall–Kier alpha value is -1.12. The molecule has 1 aromatic rings. The molecule has 20 heavy (non-hydrogen) atoms. The van der Waals surface area contributed by atoms with E-state index in [-0.39, 0.29) is 10.8 Å². The van der Waals surface area contributed by atoms with E-state index in [0.29, 0.717) is 12.1 Å². The number of hydrogen-bond donors (Lipinski definition) is 2. The molecule has 0 bridgehead atoms. The minimum absolute atomic E-state index is 0.149. The highest BCUT2D eigenvalue weighted by Crippen LogP contribution is 2.29. The number of sulfonamides is 1. The largest absolute Gasteiger partial charge is 0.416 e. The van der Waals surface area contributed by atoms with Crippen LogP contribution in [0.15, 0.2) is 29.2 Å². The fourth-order valence-corrected chi connectivity index (χ4v) is 2.85. The molecule has 8 heteroatoms. The fourth-order valence-electron chi connectivity index (χ4n) is 1.47. The average Bonchev–Trinajstić information content (AvgIpc) is 2.35. The van der Waals surface area contributed by atoms with E-state index in [1.165, 1.54) is 0 Å². The van der Waals surface area contributed by atoms with E-state index in [4.69, 9.17) is 5.11 Å². The quantitative estimate of drug-likeness (QED) is 0.874. The molecule has 0 amide bonds. The summed E-state index contributed by atoms with van der Waals surface area (Å²) in [5, 5.41) is 9.08. The van der Waals surface area contributed by atoms with Crippen LogP contribution in [0.4, 0.5) is 13.2 Å². The molecule has 0 aromatic heterocycles. The molecule has 0 aliphatic carbocycles. The van der Waals surface area contributed by atoms with Crippen LogP contribution in [0.25, 0.3) is 0 Å². The maximum Gasteiger partial charge on any atom is 0.416 e. The zero-order valence-electron chi connectivity index (χ0n) is 11.0. The van der Waals surface area contributed by atoms with Gasteiger partial charge in [0.05, 0.1) is 17.1 Å². The molecule has 0 saturated carbocycles. The Morgan fingerprint density at radius 2 is 1.70 bits per heavy atom. The van der Waals surface area contributed by atoms with E-state index in [9.17, 15) is 21.6 Å². The molecule has 114 valence electrons. The van der Waals surface area contributed by atoms with Gasteiger partial charge in [-0.15, -0.1) is 0 Å². The Morgan fingerprint density at radius 1 is 1.20 bits per heavy atom. The topological polar surface area (TPSA) is 66.4 Å². The molecule has 0 fully saturated rings. The van der Waals surface area contributed by atoms with Gasteiger partial charge < -0.3 is 5.11 Å². The second kappa shape index (κ2) is 6.11. The summed E-state index contributed by atoms with van der Waals surface area (Å²) in [5.41, 5.74) is -0.918. The van der Waals surface area contributed by atoms with Crippen molar-refractivity contribution in [3.05, 3.63) is 29.8 Å². The Bertz CT molecular complexity index is 538. The molecule has 1 aromatic carbocycles. The lowest BCUT2D eigenvalue weighted by Crippen LogP contribution is -2.41. The first-order valence-corrected chi connectivity index (χ1v) is 7.36. The number of rotatable bonds is 5. The average molecular weight is 311 g/mol. The summed E-state index contributed by atoms with van der Waals surface area (Å²) in [6, 6.07) is 2.50. The van der Waals surface area contributed by atoms with Crippen LogP contribution in [-0.2, 0) is 16.2 Å². The number of nitrogens with one attached hydrogen (secondary N) is 1. The van der Waals surface area contributed by atoms with Gasteiger partial charge >= 0.3 is 6.18 Å². The molecule has 1 unspecified atom stereocenters. The third kappa shape index (κ3) is 4.19. The first-order chi connectivity index (χ1) is 9.08. The van der Waals surface area contributed by atoms with E-state index in [1.54, 1.807) is 13.8 Å². The van der Waals surface area contributed by atoms with Crippen molar-refractivity contribution < 1.29 is 26.7 Å². The van der Waals surface area contributed by atoms with Gasteiger partial charge in [-0.1, -0.05) is 13.8 Å². The predicted molar refractivity (Wildman–Crippen MR) is 67.5 cm³/mol. The fraction of sp³-hybridized carbons (Fsp3) is 0.500. The maximum absolute atomic E-state index is 12.4. The summed E-state index contributed by atoms with van der Waals surface area (Å²) in [5.74, 6) is -0.149. The van der Waals surface area contributed by atoms with Crippen LogP contribution in [0.1, 0.15) is 19.4 Å². The smallest absolute Gasteiger partial charge is 0.395 e. The zero-order chi connectivity index (χ0) is 15.6. The van der Waals surface area contributed by atoms with Crippen LogP contribution in [0.5, 0.6) is 0 Å². The van der Waals surface area contributed by atoms with Gasteiger partial charge in [-0.05, 0) is 30.2 Å². The highest BCUT2D eigenvalue weighted by atomic mass is 32.2. The van der Waals surface area contributed by atoms with Crippen LogP contribution < -0.4 is 4.72 Å². The molecule has 0 aliphatic heterocycles. The van der Waals surface area contributed by atoms with Crippen molar-refractivity contribution in [2.45, 2.75) is 31.0 Å². The summed E-state index contributed by atoms with van der Waals surface area (Å²) in [6.07, 6.45) is -4.51. The standard InChI is InChI=1S/C12H16F3NO3S/c1-8(2)11(7-17)16-20(18,19)10-5-3-9(4-6-10)12(13,14)15/h3-6,8,11,16-17H,7H2,1-2H3. The van der Waals surface area contributed by atoms with E-state index < -0.39 is 34.4 Å². The van der Waals surface area contributed by atoms with E-state index in [2.05, 4.69) is 4.72 Å². The van der Waals surface area contributed by atoms with Gasteiger partial charge in [0.15, 0.2) is 0 Å². The van der Waals surface area contributed by atoms with Crippen LogP contribution in [0.2, 0.25) is 0 Å². The van der Waals surface area contributed by atoms with E-state index >= 15 is 0 Å². The van der Waals surface area contributed by atoms with Gasteiger partial charge in [-0.25, -0.2) is 13.1 Å². The van der Waals surface area contributed by atoms with Gasteiger partial charge in [0.2, 0.25) is 10.0 Å². The number of hydrogen-bond acceptors (Lipinski definition) is 3. The van der Waals surface area contributed by atoms with Crippen molar-refractivity contribution in [2.75, 3.05) is 6.61 Å². The Labute approximate surface area is 115 Å². The molecular weight excluding hydrogens is 295 g/mol. The molecule has 1 atom stereocenters. The van der Waals surface area contributed by atoms with Crippen molar-refractivity contribution in [3.8, 4) is 0 Å². The molecule has 1 rings (SSSR count). The second-order valence-corrected chi connectivity index (χ2v) is 6.39. The SMILES string of the molecule is CC(C)C(CO)NS(=O)(=O)c1ccc(C(F)(F)F)cc1. The molecule has 0 saturated heterocycles. The van der Waals surface area contributed by atoms with Gasteiger partial charge in [0.25, 0.3) is 0 Å². The van der Waals surface area contributed by atoms with Crippen molar-refractivity contribution in [3.63, 3.8) is 0 Å². The predicted octanol–water partition coefficient (Wildman–Crippen LogP) is 2.00. The zero-order valence-corrected chi connectivity index (χ0v) is 11.8. The number of aliphatic hydroxyl groups is 1. The number of benzene rings is 1. The van der Waals surface area contributed by atoms with Crippen molar-refractivity contribution in [2.24, 2.45) is 5.92 Å². The van der Waals surface area contributed by atoms with E-state index in [1.807, 2.05) is 0 Å². The second-order valence-electron chi connectivity index (χ2n) is 4.68. The van der Waals surface area contributed by atoms with Gasteiger partial charge in [0, 0.05) is 6.04 Å². The minimum Gasteiger partial charge on any atom is -0.395 e. The third-order valence-electron chi connectivity index (χ3n) is 2.80. The minimum atomic E-state index is -4.51. The highest BCUT2D eigenvalue weighted by molar-refractivity contribution is 7.89. The Kier molecular flexibility index (Phi) is 5.17. The first-order valence-electron chi connectivity index (χ1n) is 5.88. The van der Waals surface area contributed by atoms with Gasteiger partial charge in [0.1, 0.15) is 0 Å².